The van der Waals surface area contributed by atoms with Gasteiger partial charge in [-0.15, -0.1) is 0 Å². The molecule has 1 amide bonds. The average molecular weight is 349 g/mol. The highest BCUT2D eigenvalue weighted by Crippen LogP contribution is 2.24. The van der Waals surface area contributed by atoms with Crippen molar-refractivity contribution in [2.45, 2.75) is 11.7 Å². The van der Waals surface area contributed by atoms with Crippen LogP contribution in [0.4, 0.5) is 4.39 Å². The monoisotopic (exact) mass is 349 g/mol. The Kier molecular flexibility index (Phi) is 5.14. The maximum atomic E-state index is 12.8. The van der Waals surface area contributed by atoms with Crippen molar-refractivity contribution in [3.8, 4) is 5.75 Å². The van der Waals surface area contributed by atoms with E-state index in [4.69, 9.17) is 4.74 Å². The van der Waals surface area contributed by atoms with Crippen molar-refractivity contribution in [3.05, 3.63) is 52.7 Å². The third-order valence-electron chi connectivity index (χ3n) is 3.57. The molecule has 0 aliphatic carbocycles. The highest BCUT2D eigenvalue weighted by molar-refractivity contribution is 7.99. The molecule has 1 atom stereocenters. The first-order valence-electron chi connectivity index (χ1n) is 7.48. The van der Waals surface area contributed by atoms with Crippen LogP contribution < -0.4 is 15.6 Å². The van der Waals surface area contributed by atoms with Crippen LogP contribution >= 0.6 is 11.8 Å². The maximum absolute atomic E-state index is 12.8. The molecule has 0 spiro atoms. The predicted molar refractivity (Wildman–Crippen MR) is 87.6 cm³/mol. The first kappa shape index (κ1) is 16.5. The molecule has 1 aliphatic rings. The van der Waals surface area contributed by atoms with Gasteiger partial charge in [-0.25, -0.2) is 9.37 Å². The summed E-state index contributed by atoms with van der Waals surface area (Å²) < 4.78 is 19.7. The Morgan fingerprint density at radius 3 is 2.96 bits per heavy atom. The molecule has 1 aliphatic heterocycles. The van der Waals surface area contributed by atoms with E-state index in [0.29, 0.717) is 29.7 Å². The van der Waals surface area contributed by atoms with E-state index in [1.165, 1.54) is 52.9 Å². The van der Waals surface area contributed by atoms with Gasteiger partial charge in [0.2, 0.25) is 5.91 Å². The molecule has 0 saturated heterocycles. The van der Waals surface area contributed by atoms with Gasteiger partial charge in [0.15, 0.2) is 5.16 Å². The largest absolute Gasteiger partial charge is 0.492 e. The Morgan fingerprint density at radius 1 is 1.38 bits per heavy atom. The van der Waals surface area contributed by atoms with Crippen LogP contribution in [0.25, 0.3) is 0 Å². The van der Waals surface area contributed by atoms with Gasteiger partial charge in [-0.05, 0) is 24.3 Å². The third kappa shape index (κ3) is 3.94. The SMILES string of the molecule is O=C(NCCOc1ccc(F)cc1)[C@@H]1CSc2nccc(=O)n2C1. The molecule has 1 N–H and O–H groups in total. The van der Waals surface area contributed by atoms with Crippen molar-refractivity contribution >= 4 is 17.7 Å². The summed E-state index contributed by atoms with van der Waals surface area (Å²) in [6, 6.07) is 7.09. The molecule has 2 heterocycles. The zero-order valence-corrected chi connectivity index (χ0v) is 13.6. The number of thioether (sulfide) groups is 1. The molecule has 8 heteroatoms. The van der Waals surface area contributed by atoms with E-state index in [0.717, 1.165) is 0 Å². The fraction of sp³-hybridized carbons (Fsp3) is 0.312. The number of rotatable bonds is 5. The number of carbonyl (C=O) groups excluding carboxylic acids is 1. The summed E-state index contributed by atoms with van der Waals surface area (Å²) in [4.78, 5) is 28.2. The molecule has 3 rings (SSSR count). The normalized spacial score (nSPS) is 16.3. The van der Waals surface area contributed by atoms with E-state index < -0.39 is 0 Å². The number of carbonyl (C=O) groups is 1. The summed E-state index contributed by atoms with van der Waals surface area (Å²) in [5.41, 5.74) is -0.148. The number of ether oxygens (including phenoxy) is 1. The van der Waals surface area contributed by atoms with Crippen molar-refractivity contribution in [3.63, 3.8) is 0 Å². The maximum Gasteiger partial charge on any atom is 0.254 e. The van der Waals surface area contributed by atoms with Crippen molar-refractivity contribution < 1.29 is 13.9 Å². The van der Waals surface area contributed by atoms with Gasteiger partial charge < -0.3 is 10.1 Å². The predicted octanol–water partition coefficient (Wildman–Crippen LogP) is 1.30. The molecule has 0 saturated carbocycles. The summed E-state index contributed by atoms with van der Waals surface area (Å²) in [6.07, 6.45) is 1.48. The number of amides is 1. The van der Waals surface area contributed by atoms with Crippen LogP contribution in [0.1, 0.15) is 0 Å². The minimum absolute atomic E-state index is 0.119. The molecule has 0 bridgehead atoms. The van der Waals surface area contributed by atoms with Gasteiger partial charge in [0.25, 0.3) is 5.56 Å². The lowest BCUT2D eigenvalue weighted by atomic mass is 10.1. The van der Waals surface area contributed by atoms with Crippen molar-refractivity contribution in [2.75, 3.05) is 18.9 Å². The first-order valence-corrected chi connectivity index (χ1v) is 8.47. The summed E-state index contributed by atoms with van der Waals surface area (Å²) in [7, 11) is 0. The van der Waals surface area contributed by atoms with Crippen LogP contribution in [-0.4, -0.2) is 34.4 Å². The smallest absolute Gasteiger partial charge is 0.254 e. The number of benzene rings is 1. The van der Waals surface area contributed by atoms with Gasteiger partial charge in [0.05, 0.1) is 12.5 Å². The molecule has 0 radical (unpaired) electrons. The Balaban J connectivity index is 1.47. The Hall–Kier alpha value is -2.35. The van der Waals surface area contributed by atoms with Gasteiger partial charge in [0.1, 0.15) is 18.2 Å². The van der Waals surface area contributed by atoms with Crippen LogP contribution in [0.3, 0.4) is 0 Å². The number of halogens is 1. The van der Waals surface area contributed by atoms with E-state index in [1.807, 2.05) is 0 Å². The third-order valence-corrected chi connectivity index (χ3v) is 4.72. The molecule has 2 aromatic rings. The molecule has 1 aromatic carbocycles. The van der Waals surface area contributed by atoms with E-state index in [9.17, 15) is 14.0 Å². The molecular formula is C16H16FN3O3S. The minimum Gasteiger partial charge on any atom is -0.492 e. The molecule has 126 valence electrons. The van der Waals surface area contributed by atoms with Crippen molar-refractivity contribution in [1.29, 1.82) is 0 Å². The van der Waals surface area contributed by atoms with Gasteiger partial charge in [-0.1, -0.05) is 11.8 Å². The van der Waals surface area contributed by atoms with Gasteiger partial charge in [-0.3, -0.25) is 14.2 Å². The fourth-order valence-electron chi connectivity index (χ4n) is 2.33. The van der Waals surface area contributed by atoms with Gasteiger partial charge >= 0.3 is 0 Å². The number of nitrogens with zero attached hydrogens (tertiary/aromatic N) is 2. The number of hydrogen-bond donors (Lipinski definition) is 1. The van der Waals surface area contributed by atoms with Gasteiger partial charge in [0, 0.05) is 24.6 Å². The van der Waals surface area contributed by atoms with E-state index in [1.54, 1.807) is 0 Å². The minimum atomic E-state index is -0.324. The summed E-state index contributed by atoms with van der Waals surface area (Å²) in [6.45, 7) is 0.959. The van der Waals surface area contributed by atoms with Crippen LogP contribution in [-0.2, 0) is 11.3 Å². The average Bonchev–Trinajstić information content (AvgIpc) is 2.60. The quantitative estimate of drug-likeness (QED) is 0.651. The van der Waals surface area contributed by atoms with Crippen molar-refractivity contribution in [2.24, 2.45) is 5.92 Å². The van der Waals surface area contributed by atoms with Crippen LogP contribution in [0.2, 0.25) is 0 Å². The van der Waals surface area contributed by atoms with Crippen LogP contribution in [0.15, 0.2) is 46.5 Å². The number of aromatic nitrogens is 2. The zero-order valence-electron chi connectivity index (χ0n) is 12.8. The fourth-order valence-corrected chi connectivity index (χ4v) is 3.39. The first-order chi connectivity index (χ1) is 11.6. The Morgan fingerprint density at radius 2 is 2.17 bits per heavy atom. The van der Waals surface area contributed by atoms with E-state index >= 15 is 0 Å². The van der Waals surface area contributed by atoms with Crippen molar-refractivity contribution in [1.82, 2.24) is 14.9 Å². The summed E-state index contributed by atoms with van der Waals surface area (Å²) in [5, 5.41) is 3.44. The zero-order chi connectivity index (χ0) is 16.9. The lowest BCUT2D eigenvalue weighted by Gasteiger charge is -2.23. The Labute approximate surface area is 142 Å². The summed E-state index contributed by atoms with van der Waals surface area (Å²) >= 11 is 1.40. The lowest BCUT2D eigenvalue weighted by molar-refractivity contribution is -0.124. The molecule has 6 nitrogen and oxygen atoms in total. The second-order valence-corrected chi connectivity index (χ2v) is 6.26. The molecule has 1 aromatic heterocycles. The van der Waals surface area contributed by atoms with E-state index in [2.05, 4.69) is 10.3 Å². The second kappa shape index (κ2) is 7.48. The molecule has 0 fully saturated rings. The number of fused-ring (bicyclic) bond motifs is 1. The number of nitrogens with one attached hydrogen (secondary N) is 1. The lowest BCUT2D eigenvalue weighted by Crippen LogP contribution is -2.40. The highest BCUT2D eigenvalue weighted by Gasteiger charge is 2.26. The van der Waals surface area contributed by atoms with Crippen LogP contribution in [0, 0.1) is 11.7 Å². The van der Waals surface area contributed by atoms with Gasteiger partial charge in [-0.2, -0.15) is 0 Å². The molecule has 0 unspecified atom stereocenters. The standard InChI is InChI=1S/C16H16FN3O3S/c17-12-1-3-13(4-2-12)23-8-7-18-15(22)11-9-20-14(21)5-6-19-16(20)24-10-11/h1-6,11H,7-10H2,(H,18,22)/t11-/m0/s1. The highest BCUT2D eigenvalue weighted by atomic mass is 32.2. The van der Waals surface area contributed by atoms with Crippen LogP contribution in [0.5, 0.6) is 5.75 Å². The number of hydrogen-bond acceptors (Lipinski definition) is 5. The topological polar surface area (TPSA) is 73.2 Å². The summed E-state index contributed by atoms with van der Waals surface area (Å²) in [5.74, 6) is 0.406. The molecule has 24 heavy (non-hydrogen) atoms. The van der Waals surface area contributed by atoms with E-state index in [-0.39, 0.29) is 29.8 Å². The molecular weight excluding hydrogens is 333 g/mol. The Bertz CT molecular complexity index is 779. The second-order valence-electron chi connectivity index (χ2n) is 5.28.